The Labute approximate surface area is 290 Å². The molecule has 3 aromatic heterocycles. The lowest BCUT2D eigenvalue weighted by Crippen LogP contribution is -2.48. The summed E-state index contributed by atoms with van der Waals surface area (Å²) in [7, 11) is 3.61. The standard InChI is InChI=1S/C36H41N11O3/c1-21-32-26(17-38-47(32)24-19-45(20-24)18-23-8-6-11-28(39-23)36(50)46-14-4-5-15-46)25-9-7-10-27(33(25)44(21)3)40-29-16-30(41-34(48)22-12-13-22)42-43-31(29)35(49)37-2/h6-11,16-17,21-22,24H,4-5,12-15,18-20H2,1-3H3,(H,37,49)(H2,40,41,42,48). The van der Waals surface area contributed by atoms with Crippen molar-refractivity contribution >= 4 is 40.6 Å². The van der Waals surface area contributed by atoms with Gasteiger partial charge in [0.15, 0.2) is 11.5 Å². The minimum atomic E-state index is -0.385. The van der Waals surface area contributed by atoms with Crippen LogP contribution in [0.1, 0.15) is 77.1 Å². The van der Waals surface area contributed by atoms with Gasteiger partial charge in [0, 0.05) is 69.9 Å². The average molecular weight is 676 g/mol. The number of aromatic nitrogens is 5. The molecule has 0 spiro atoms. The van der Waals surface area contributed by atoms with Crippen LogP contribution in [-0.4, -0.2) is 92.8 Å². The van der Waals surface area contributed by atoms with Gasteiger partial charge in [-0.15, -0.1) is 10.2 Å². The lowest BCUT2D eigenvalue weighted by molar-refractivity contribution is -0.117. The normalized spacial score (nSPS) is 18.7. The molecule has 1 unspecified atom stereocenters. The first kappa shape index (κ1) is 31.9. The van der Waals surface area contributed by atoms with Crippen molar-refractivity contribution in [2.75, 3.05) is 55.8 Å². The number of nitrogens with zero attached hydrogens (tertiary/aromatic N) is 8. The van der Waals surface area contributed by atoms with Gasteiger partial charge in [-0.05, 0) is 50.8 Å². The number of hydrogen-bond donors (Lipinski definition) is 3. The van der Waals surface area contributed by atoms with Gasteiger partial charge in [-0.1, -0.05) is 18.2 Å². The molecule has 14 nitrogen and oxygen atoms in total. The molecule has 4 aromatic rings. The van der Waals surface area contributed by atoms with Crippen LogP contribution >= 0.6 is 0 Å². The molecule has 1 aliphatic carbocycles. The molecule has 3 fully saturated rings. The van der Waals surface area contributed by atoms with Gasteiger partial charge in [-0.2, -0.15) is 5.10 Å². The van der Waals surface area contributed by atoms with Crippen LogP contribution in [0.2, 0.25) is 0 Å². The van der Waals surface area contributed by atoms with Gasteiger partial charge in [0.1, 0.15) is 5.69 Å². The molecule has 3 aliphatic heterocycles. The van der Waals surface area contributed by atoms with Crippen LogP contribution in [-0.2, 0) is 11.3 Å². The highest BCUT2D eigenvalue weighted by Crippen LogP contribution is 2.49. The molecule has 14 heteroatoms. The second kappa shape index (κ2) is 12.8. The maximum atomic E-state index is 12.9. The number of hydrogen-bond acceptors (Lipinski definition) is 10. The number of nitrogens with one attached hydrogen (secondary N) is 3. The number of likely N-dealkylation sites (tertiary alicyclic amines) is 2. The summed E-state index contributed by atoms with van der Waals surface area (Å²) in [5.74, 6) is -0.147. The van der Waals surface area contributed by atoms with E-state index < -0.39 is 0 Å². The minimum Gasteiger partial charge on any atom is -0.364 e. The van der Waals surface area contributed by atoms with E-state index in [0.717, 1.165) is 85.8 Å². The zero-order valence-corrected chi connectivity index (χ0v) is 28.5. The van der Waals surface area contributed by atoms with E-state index in [-0.39, 0.29) is 41.4 Å². The molecule has 1 atom stereocenters. The van der Waals surface area contributed by atoms with E-state index in [2.05, 4.69) is 60.7 Å². The molecular formula is C36H41N11O3. The molecule has 3 amide bonds. The fraction of sp³-hybridized carbons (Fsp3) is 0.417. The molecule has 50 heavy (non-hydrogen) atoms. The fourth-order valence-corrected chi connectivity index (χ4v) is 7.28. The summed E-state index contributed by atoms with van der Waals surface area (Å²) in [4.78, 5) is 49.3. The van der Waals surface area contributed by atoms with Crippen molar-refractivity contribution in [2.45, 2.75) is 51.2 Å². The van der Waals surface area contributed by atoms with Crippen molar-refractivity contribution in [3.63, 3.8) is 0 Å². The van der Waals surface area contributed by atoms with Crippen molar-refractivity contribution < 1.29 is 14.4 Å². The van der Waals surface area contributed by atoms with Crippen LogP contribution in [0, 0.1) is 5.92 Å². The van der Waals surface area contributed by atoms with Crippen molar-refractivity contribution in [1.29, 1.82) is 0 Å². The first-order valence-electron chi connectivity index (χ1n) is 17.4. The Morgan fingerprint density at radius 3 is 2.50 bits per heavy atom. The predicted molar refractivity (Wildman–Crippen MR) is 188 cm³/mol. The fourth-order valence-electron chi connectivity index (χ4n) is 7.28. The van der Waals surface area contributed by atoms with E-state index in [1.165, 1.54) is 0 Å². The highest BCUT2D eigenvalue weighted by molar-refractivity contribution is 6.01. The molecule has 4 aliphatic rings. The Bertz CT molecular complexity index is 1980. The summed E-state index contributed by atoms with van der Waals surface area (Å²) in [5, 5.41) is 22.1. The summed E-state index contributed by atoms with van der Waals surface area (Å²) in [6.45, 7) is 6.15. The highest BCUT2D eigenvalue weighted by atomic mass is 16.2. The average Bonchev–Trinajstić information content (AvgIpc) is 3.64. The number of pyridine rings is 1. The molecular weight excluding hydrogens is 634 g/mol. The van der Waals surface area contributed by atoms with Gasteiger partial charge in [-0.3, -0.25) is 24.0 Å². The lowest BCUT2D eigenvalue weighted by Gasteiger charge is -2.42. The zero-order chi connectivity index (χ0) is 34.5. The number of benzene rings is 1. The molecule has 258 valence electrons. The van der Waals surface area contributed by atoms with E-state index >= 15 is 0 Å². The summed E-state index contributed by atoms with van der Waals surface area (Å²) in [6.07, 6.45) is 5.80. The number of rotatable bonds is 9. The monoisotopic (exact) mass is 675 g/mol. The molecule has 8 rings (SSSR count). The molecule has 0 radical (unpaired) electrons. The van der Waals surface area contributed by atoms with Gasteiger partial charge in [0.25, 0.3) is 11.8 Å². The van der Waals surface area contributed by atoms with Gasteiger partial charge in [-0.25, -0.2) is 4.98 Å². The smallest absolute Gasteiger partial charge is 0.273 e. The lowest BCUT2D eigenvalue weighted by atomic mass is 9.93. The number of anilines is 4. The third kappa shape index (κ3) is 5.82. The van der Waals surface area contributed by atoms with E-state index in [9.17, 15) is 14.4 Å². The summed E-state index contributed by atoms with van der Waals surface area (Å²) >= 11 is 0. The maximum absolute atomic E-state index is 12.9. The van der Waals surface area contributed by atoms with Gasteiger partial charge in [0.2, 0.25) is 5.91 Å². The SMILES string of the molecule is CNC(=O)c1nnc(NC(=O)C2CC2)cc1Nc1cccc2c1N(C)C(C)c1c-2cnn1C1CN(Cc2cccc(C(=O)N3CCCC3)n2)C1. The van der Waals surface area contributed by atoms with Crippen LogP contribution in [0.15, 0.2) is 48.7 Å². The molecule has 3 N–H and O–H groups in total. The van der Waals surface area contributed by atoms with Crippen LogP contribution in [0.5, 0.6) is 0 Å². The Morgan fingerprint density at radius 1 is 0.960 bits per heavy atom. The van der Waals surface area contributed by atoms with Gasteiger partial charge < -0.3 is 25.8 Å². The molecule has 6 heterocycles. The Hall–Kier alpha value is -5.37. The van der Waals surface area contributed by atoms with Crippen molar-refractivity contribution in [1.82, 2.24) is 40.1 Å². The van der Waals surface area contributed by atoms with Gasteiger partial charge >= 0.3 is 0 Å². The van der Waals surface area contributed by atoms with Crippen molar-refractivity contribution in [2.24, 2.45) is 5.92 Å². The number of carbonyl (C=O) groups excluding carboxylic acids is 3. The third-order valence-corrected chi connectivity index (χ3v) is 10.3. The van der Waals surface area contributed by atoms with Crippen LogP contribution in [0.25, 0.3) is 11.1 Å². The second-order valence-corrected chi connectivity index (χ2v) is 13.7. The zero-order valence-electron chi connectivity index (χ0n) is 28.5. The second-order valence-electron chi connectivity index (χ2n) is 13.7. The first-order chi connectivity index (χ1) is 24.3. The van der Waals surface area contributed by atoms with Crippen molar-refractivity contribution in [3.8, 4) is 11.1 Å². The number of para-hydroxylation sites is 1. The summed E-state index contributed by atoms with van der Waals surface area (Å²) in [6, 6.07) is 13.7. The van der Waals surface area contributed by atoms with Crippen LogP contribution in [0.4, 0.5) is 22.9 Å². The quantitative estimate of drug-likeness (QED) is 0.237. The van der Waals surface area contributed by atoms with Gasteiger partial charge in [0.05, 0.1) is 46.7 Å². The molecule has 2 saturated heterocycles. The summed E-state index contributed by atoms with van der Waals surface area (Å²) in [5.41, 5.74) is 7.01. The Balaban J connectivity index is 1.01. The predicted octanol–water partition coefficient (Wildman–Crippen LogP) is 3.99. The summed E-state index contributed by atoms with van der Waals surface area (Å²) < 4.78 is 2.17. The van der Waals surface area contributed by atoms with E-state index in [1.807, 2.05) is 41.4 Å². The van der Waals surface area contributed by atoms with Crippen LogP contribution in [0.3, 0.4) is 0 Å². The van der Waals surface area contributed by atoms with E-state index in [0.29, 0.717) is 23.7 Å². The number of fused-ring (bicyclic) bond motifs is 3. The third-order valence-electron chi connectivity index (χ3n) is 10.3. The van der Waals surface area contributed by atoms with Crippen LogP contribution < -0.4 is 20.9 Å². The number of amides is 3. The van der Waals surface area contributed by atoms with E-state index in [1.54, 1.807) is 13.1 Å². The Morgan fingerprint density at radius 2 is 1.74 bits per heavy atom. The topological polar surface area (TPSA) is 154 Å². The number of carbonyl (C=O) groups is 3. The van der Waals surface area contributed by atoms with E-state index in [4.69, 9.17) is 10.1 Å². The first-order valence-corrected chi connectivity index (χ1v) is 17.4. The molecule has 1 saturated carbocycles. The van der Waals surface area contributed by atoms with Crippen molar-refractivity contribution in [3.05, 3.63) is 71.4 Å². The highest BCUT2D eigenvalue weighted by Gasteiger charge is 2.37. The Kier molecular flexibility index (Phi) is 8.17. The molecule has 1 aromatic carbocycles. The molecule has 0 bridgehead atoms. The maximum Gasteiger partial charge on any atom is 0.273 e. The minimum absolute atomic E-state index is 0.00624. The largest absolute Gasteiger partial charge is 0.364 e.